The third kappa shape index (κ3) is 3.84. The average molecular weight is 301 g/mol. The van der Waals surface area contributed by atoms with Crippen LogP contribution in [-0.2, 0) is 4.79 Å². The number of ether oxygens (including phenoxy) is 1. The average Bonchev–Trinajstić information content (AvgIpc) is 2.42. The smallest absolute Gasteiger partial charge is 0.412 e. The Bertz CT molecular complexity index is 605. The Morgan fingerprint density at radius 2 is 1.95 bits per heavy atom. The molecule has 1 aromatic carbocycles. The lowest BCUT2D eigenvalue weighted by Crippen LogP contribution is -2.14. The number of alkyl halides is 3. The van der Waals surface area contributed by atoms with Crippen molar-refractivity contribution in [1.29, 1.82) is 0 Å². The van der Waals surface area contributed by atoms with E-state index < -0.39 is 17.6 Å². The molecule has 0 aliphatic heterocycles. The van der Waals surface area contributed by atoms with E-state index in [0.717, 1.165) is 12.1 Å². The molecule has 112 valence electrons. The molecule has 1 aromatic rings. The maximum Gasteiger partial charge on any atom is 0.412 e. The summed E-state index contributed by atoms with van der Waals surface area (Å²) in [4.78, 5) is 10.3. The lowest BCUT2D eigenvalue weighted by atomic mass is 10.0. The van der Waals surface area contributed by atoms with E-state index in [9.17, 15) is 22.4 Å². The van der Waals surface area contributed by atoms with Crippen LogP contribution in [-0.4, -0.2) is 12.6 Å². The number of rotatable bonds is 4. The molecule has 0 aromatic heterocycles. The minimum Gasteiger partial charge on any atom is -0.462 e. The van der Waals surface area contributed by atoms with E-state index in [2.05, 4.69) is 5.32 Å². The molecule has 2 rings (SSSR count). The van der Waals surface area contributed by atoms with Crippen molar-refractivity contribution < 1.29 is 27.1 Å². The summed E-state index contributed by atoms with van der Waals surface area (Å²) in [6.45, 7) is 0. The molecule has 0 saturated carbocycles. The second-order valence-electron chi connectivity index (χ2n) is 4.33. The number of carbonyl (C=O) groups is 1. The molecule has 1 aliphatic carbocycles. The second kappa shape index (κ2) is 5.99. The first-order valence-corrected chi connectivity index (χ1v) is 6.04. The number of amides is 1. The third-order valence-electron chi connectivity index (χ3n) is 2.88. The zero-order valence-electron chi connectivity index (χ0n) is 10.7. The summed E-state index contributed by atoms with van der Waals surface area (Å²) in [5.41, 5.74) is -0.678. The van der Waals surface area contributed by atoms with Crippen LogP contribution in [0, 0.1) is 5.82 Å². The summed E-state index contributed by atoms with van der Waals surface area (Å²) >= 11 is 0. The first kappa shape index (κ1) is 15.1. The highest BCUT2D eigenvalue weighted by atomic mass is 19.4. The van der Waals surface area contributed by atoms with Crippen molar-refractivity contribution in [3.8, 4) is 5.75 Å². The molecule has 0 unspecified atom stereocenters. The Morgan fingerprint density at radius 3 is 2.52 bits per heavy atom. The number of allylic oxidation sites excluding steroid dienone is 4. The Labute approximate surface area is 117 Å². The fraction of sp³-hybridized carbons (Fsp3) is 0.214. The van der Waals surface area contributed by atoms with Gasteiger partial charge in [-0.1, -0.05) is 6.08 Å². The van der Waals surface area contributed by atoms with Crippen LogP contribution in [0.2, 0.25) is 0 Å². The molecule has 0 spiro atoms. The van der Waals surface area contributed by atoms with Gasteiger partial charge in [-0.05, 0) is 24.6 Å². The second-order valence-corrected chi connectivity index (χ2v) is 4.33. The SMILES string of the molecule is O=CNc1cc(OC2=CC=C(C(F)(F)F)CC2)ccc1F. The molecule has 0 saturated heterocycles. The zero-order valence-corrected chi connectivity index (χ0v) is 10.7. The largest absolute Gasteiger partial charge is 0.462 e. The van der Waals surface area contributed by atoms with E-state index in [1.807, 2.05) is 0 Å². The molecule has 7 heteroatoms. The van der Waals surface area contributed by atoms with Gasteiger partial charge in [0.05, 0.1) is 5.69 Å². The fourth-order valence-corrected chi connectivity index (χ4v) is 1.83. The maximum absolute atomic E-state index is 13.3. The number of hydrogen-bond acceptors (Lipinski definition) is 2. The van der Waals surface area contributed by atoms with Crippen molar-refractivity contribution >= 4 is 12.1 Å². The van der Waals surface area contributed by atoms with Gasteiger partial charge in [0.25, 0.3) is 0 Å². The number of anilines is 1. The van der Waals surface area contributed by atoms with Gasteiger partial charge in [0.15, 0.2) is 0 Å². The van der Waals surface area contributed by atoms with Crippen molar-refractivity contribution in [2.45, 2.75) is 19.0 Å². The van der Waals surface area contributed by atoms with Crippen LogP contribution >= 0.6 is 0 Å². The van der Waals surface area contributed by atoms with E-state index in [1.165, 1.54) is 18.2 Å². The van der Waals surface area contributed by atoms with Crippen LogP contribution in [0.3, 0.4) is 0 Å². The number of nitrogens with one attached hydrogen (secondary N) is 1. The number of carbonyl (C=O) groups excluding carboxylic acids is 1. The van der Waals surface area contributed by atoms with Crippen molar-refractivity contribution in [3.05, 3.63) is 47.5 Å². The number of halogens is 4. The van der Waals surface area contributed by atoms with Crippen LogP contribution in [0.5, 0.6) is 5.75 Å². The van der Waals surface area contributed by atoms with E-state index in [4.69, 9.17) is 4.74 Å². The van der Waals surface area contributed by atoms with E-state index in [0.29, 0.717) is 12.2 Å². The quantitative estimate of drug-likeness (QED) is 0.675. The third-order valence-corrected chi connectivity index (χ3v) is 2.88. The molecular weight excluding hydrogens is 290 g/mol. The lowest BCUT2D eigenvalue weighted by Gasteiger charge is -2.17. The summed E-state index contributed by atoms with van der Waals surface area (Å²) in [7, 11) is 0. The molecule has 1 amide bonds. The summed E-state index contributed by atoms with van der Waals surface area (Å²) in [6, 6.07) is 3.68. The molecule has 0 heterocycles. The highest BCUT2D eigenvalue weighted by molar-refractivity contribution is 5.72. The highest BCUT2D eigenvalue weighted by Crippen LogP contribution is 2.33. The first-order chi connectivity index (χ1) is 9.90. The summed E-state index contributed by atoms with van der Waals surface area (Å²) < 4.78 is 56.0. The van der Waals surface area contributed by atoms with Crippen molar-refractivity contribution in [2.75, 3.05) is 5.32 Å². The predicted molar refractivity (Wildman–Crippen MR) is 68.2 cm³/mol. The number of benzene rings is 1. The Hall–Kier alpha value is -2.31. The Morgan fingerprint density at radius 1 is 1.19 bits per heavy atom. The molecule has 0 atom stereocenters. The minimum atomic E-state index is -4.33. The molecule has 1 aliphatic rings. The maximum atomic E-state index is 13.3. The van der Waals surface area contributed by atoms with E-state index in [-0.39, 0.29) is 24.3 Å². The molecular formula is C14H11F4NO2. The zero-order chi connectivity index (χ0) is 15.5. The summed E-state index contributed by atoms with van der Waals surface area (Å²) in [6.07, 6.45) is -1.88. The summed E-state index contributed by atoms with van der Waals surface area (Å²) in [5, 5.41) is 2.16. The standard InChI is InChI=1S/C14H11F4NO2/c15-12-6-5-11(7-13(12)19-8-20)21-10-3-1-9(2-4-10)14(16,17)18/h1,3,5-8H,2,4H2,(H,19,20). The summed E-state index contributed by atoms with van der Waals surface area (Å²) in [5.74, 6) is -0.0613. The molecule has 0 fully saturated rings. The van der Waals surface area contributed by atoms with Gasteiger partial charge in [-0.25, -0.2) is 4.39 Å². The van der Waals surface area contributed by atoms with Crippen molar-refractivity contribution in [2.24, 2.45) is 0 Å². The van der Waals surface area contributed by atoms with Gasteiger partial charge in [-0.3, -0.25) is 4.79 Å². The van der Waals surface area contributed by atoms with Crippen LogP contribution in [0.25, 0.3) is 0 Å². The predicted octanol–water partition coefficient (Wildman–Crippen LogP) is 3.94. The van der Waals surface area contributed by atoms with Gasteiger partial charge in [0.1, 0.15) is 17.3 Å². The van der Waals surface area contributed by atoms with E-state index in [1.54, 1.807) is 0 Å². The van der Waals surface area contributed by atoms with Crippen LogP contribution in [0.4, 0.5) is 23.2 Å². The van der Waals surface area contributed by atoms with Crippen LogP contribution in [0.1, 0.15) is 12.8 Å². The monoisotopic (exact) mass is 301 g/mol. The number of hydrogen-bond donors (Lipinski definition) is 1. The van der Waals surface area contributed by atoms with Crippen molar-refractivity contribution in [1.82, 2.24) is 0 Å². The molecule has 0 bridgehead atoms. The van der Waals surface area contributed by atoms with Gasteiger partial charge < -0.3 is 10.1 Å². The van der Waals surface area contributed by atoms with Gasteiger partial charge in [-0.2, -0.15) is 13.2 Å². The normalized spacial score (nSPS) is 15.0. The van der Waals surface area contributed by atoms with Gasteiger partial charge >= 0.3 is 6.18 Å². The molecule has 3 nitrogen and oxygen atoms in total. The molecule has 1 N–H and O–H groups in total. The lowest BCUT2D eigenvalue weighted by molar-refractivity contribution is -0.105. The van der Waals surface area contributed by atoms with Crippen molar-refractivity contribution in [3.63, 3.8) is 0 Å². The van der Waals surface area contributed by atoms with Gasteiger partial charge in [0.2, 0.25) is 6.41 Å². The molecule has 21 heavy (non-hydrogen) atoms. The minimum absolute atomic E-state index is 0.0644. The van der Waals surface area contributed by atoms with E-state index >= 15 is 0 Å². The Kier molecular flexibility index (Phi) is 4.30. The van der Waals surface area contributed by atoms with Gasteiger partial charge in [-0.15, -0.1) is 0 Å². The molecule has 0 radical (unpaired) electrons. The van der Waals surface area contributed by atoms with Crippen LogP contribution in [0.15, 0.2) is 41.7 Å². The fourth-order valence-electron chi connectivity index (χ4n) is 1.83. The first-order valence-electron chi connectivity index (χ1n) is 6.04. The topological polar surface area (TPSA) is 38.3 Å². The van der Waals surface area contributed by atoms with Gasteiger partial charge in [0, 0.05) is 18.1 Å². The van der Waals surface area contributed by atoms with Crippen LogP contribution < -0.4 is 10.1 Å². The highest BCUT2D eigenvalue weighted by Gasteiger charge is 2.33. The Balaban J connectivity index is 2.13.